The largest absolute Gasteiger partial charge is 0.390 e. The van der Waals surface area contributed by atoms with Crippen LogP contribution in [-0.4, -0.2) is 72.4 Å². The third-order valence-electron chi connectivity index (χ3n) is 4.49. The van der Waals surface area contributed by atoms with Gasteiger partial charge >= 0.3 is 0 Å². The van der Waals surface area contributed by atoms with E-state index in [1.54, 1.807) is 0 Å². The Hall–Kier alpha value is -0.200. The molecule has 0 amide bonds. The molecule has 0 aromatic rings. The van der Waals surface area contributed by atoms with E-state index in [1.807, 2.05) is 6.92 Å². The monoisotopic (exact) mass is 287 g/mol. The predicted octanol–water partition coefficient (Wildman–Crippen LogP) is 0.490. The van der Waals surface area contributed by atoms with E-state index in [0.29, 0.717) is 6.54 Å². The Bertz CT molecular complexity index is 311. The van der Waals surface area contributed by atoms with E-state index in [1.165, 1.54) is 0 Å². The second-order valence-electron chi connectivity index (χ2n) is 7.21. The highest BCUT2D eigenvalue weighted by Gasteiger charge is 2.46. The number of hydrogen-bond acceptors (Lipinski definition) is 5. The first-order valence-corrected chi connectivity index (χ1v) is 7.62. The smallest absolute Gasteiger partial charge is 0.0969 e. The summed E-state index contributed by atoms with van der Waals surface area (Å²) >= 11 is 0. The highest BCUT2D eigenvalue weighted by Crippen LogP contribution is 2.35. The van der Waals surface area contributed by atoms with Crippen molar-refractivity contribution in [1.82, 2.24) is 4.90 Å². The number of nitrogens with zero attached hydrogens (tertiary/aromatic N) is 1. The first-order valence-electron chi connectivity index (χ1n) is 7.62. The molecule has 0 bridgehead atoms. The quantitative estimate of drug-likeness (QED) is 0.774. The van der Waals surface area contributed by atoms with Gasteiger partial charge in [0.1, 0.15) is 0 Å². The summed E-state index contributed by atoms with van der Waals surface area (Å²) in [5.41, 5.74) is -0.142. The van der Waals surface area contributed by atoms with Crippen LogP contribution < -0.4 is 0 Å². The van der Waals surface area contributed by atoms with Crippen molar-refractivity contribution >= 4 is 0 Å². The van der Waals surface area contributed by atoms with Crippen molar-refractivity contribution < 1.29 is 19.7 Å². The summed E-state index contributed by atoms with van der Waals surface area (Å²) in [4.78, 5) is 2.27. The van der Waals surface area contributed by atoms with Crippen LogP contribution in [0.4, 0.5) is 0 Å². The van der Waals surface area contributed by atoms with Crippen molar-refractivity contribution in [2.45, 2.75) is 52.1 Å². The zero-order valence-electron chi connectivity index (χ0n) is 13.1. The minimum absolute atomic E-state index is 0.142. The molecule has 2 fully saturated rings. The van der Waals surface area contributed by atoms with Crippen LogP contribution in [0, 0.1) is 11.3 Å². The third kappa shape index (κ3) is 3.52. The molecule has 0 radical (unpaired) electrons. The topological polar surface area (TPSA) is 62.2 Å². The molecule has 20 heavy (non-hydrogen) atoms. The van der Waals surface area contributed by atoms with Gasteiger partial charge in [0.05, 0.1) is 37.6 Å². The molecule has 0 aromatic heterocycles. The maximum atomic E-state index is 10.4. The third-order valence-corrected chi connectivity index (χ3v) is 4.49. The van der Waals surface area contributed by atoms with Crippen molar-refractivity contribution in [1.29, 1.82) is 0 Å². The molecule has 2 aliphatic rings. The highest BCUT2D eigenvalue weighted by atomic mass is 16.5. The summed E-state index contributed by atoms with van der Waals surface area (Å²) in [6.45, 7) is 12.0. The Kier molecular flexibility index (Phi) is 5.08. The molecular formula is C15H29NO4. The molecule has 118 valence electrons. The molecular weight excluding hydrogens is 258 g/mol. The lowest BCUT2D eigenvalue weighted by atomic mass is 9.77. The second-order valence-corrected chi connectivity index (χ2v) is 7.21. The van der Waals surface area contributed by atoms with Crippen LogP contribution in [0.15, 0.2) is 0 Å². The molecule has 2 N–H and O–H groups in total. The maximum absolute atomic E-state index is 10.4. The Morgan fingerprint density at radius 2 is 1.70 bits per heavy atom. The number of hydrogen-bond donors (Lipinski definition) is 2. The zero-order chi connectivity index (χ0) is 14.9. The van der Waals surface area contributed by atoms with E-state index in [2.05, 4.69) is 25.7 Å². The summed E-state index contributed by atoms with van der Waals surface area (Å²) in [6, 6.07) is 0. The van der Waals surface area contributed by atoms with Gasteiger partial charge in [-0.1, -0.05) is 27.7 Å². The van der Waals surface area contributed by atoms with Crippen LogP contribution >= 0.6 is 0 Å². The summed E-state index contributed by atoms with van der Waals surface area (Å²) in [5, 5.41) is 20.7. The van der Waals surface area contributed by atoms with Crippen LogP contribution in [0.1, 0.15) is 27.7 Å². The Balaban J connectivity index is 2.03. The molecule has 5 atom stereocenters. The number of aliphatic hydroxyl groups excluding tert-OH is 2. The Morgan fingerprint density at radius 3 is 2.25 bits per heavy atom. The predicted molar refractivity (Wildman–Crippen MR) is 76.6 cm³/mol. The first kappa shape index (κ1) is 16.2. The lowest BCUT2D eigenvalue weighted by Crippen LogP contribution is -2.60. The van der Waals surface area contributed by atoms with Gasteiger partial charge in [0.15, 0.2) is 0 Å². The number of aliphatic hydroxyl groups is 2. The van der Waals surface area contributed by atoms with Crippen molar-refractivity contribution in [2.24, 2.45) is 11.3 Å². The van der Waals surface area contributed by atoms with Gasteiger partial charge in [0.25, 0.3) is 0 Å². The lowest BCUT2D eigenvalue weighted by Gasteiger charge is -2.47. The lowest BCUT2D eigenvalue weighted by molar-refractivity contribution is -0.227. The molecule has 0 unspecified atom stereocenters. The van der Waals surface area contributed by atoms with Gasteiger partial charge < -0.3 is 19.7 Å². The minimum atomic E-state index is -0.620. The van der Waals surface area contributed by atoms with Gasteiger partial charge in [0.2, 0.25) is 0 Å². The average molecular weight is 287 g/mol. The van der Waals surface area contributed by atoms with Crippen LogP contribution in [0.5, 0.6) is 0 Å². The second kappa shape index (κ2) is 6.28. The van der Waals surface area contributed by atoms with E-state index >= 15 is 0 Å². The summed E-state index contributed by atoms with van der Waals surface area (Å²) in [6.07, 6.45) is -1.72. The maximum Gasteiger partial charge on any atom is 0.0969 e. The fourth-order valence-corrected chi connectivity index (χ4v) is 3.07. The normalized spacial score (nSPS) is 40.8. The van der Waals surface area contributed by atoms with Crippen LogP contribution in [0.25, 0.3) is 0 Å². The molecule has 2 saturated heterocycles. The van der Waals surface area contributed by atoms with Crippen LogP contribution in [0.3, 0.4) is 0 Å². The van der Waals surface area contributed by atoms with E-state index in [0.717, 1.165) is 26.3 Å². The molecule has 0 aliphatic carbocycles. The van der Waals surface area contributed by atoms with Gasteiger partial charge in [-0.25, -0.2) is 0 Å². The number of ether oxygens (including phenoxy) is 2. The van der Waals surface area contributed by atoms with Crippen molar-refractivity contribution in [3.63, 3.8) is 0 Å². The standard InChI is InChI=1S/C15H29NO4/c1-10-12(17)11(9-16-5-7-19-8-6-16)20-14(13(10)18)15(2,3)4/h10-14,17-18H,5-9H2,1-4H3/t10-,11+,12-,13+,14+/m0/s1. The van der Waals surface area contributed by atoms with Crippen LogP contribution in [-0.2, 0) is 9.47 Å². The van der Waals surface area contributed by atoms with E-state index in [9.17, 15) is 10.2 Å². The summed E-state index contributed by atoms with van der Waals surface area (Å²) < 4.78 is 11.4. The van der Waals surface area contributed by atoms with Crippen molar-refractivity contribution in [2.75, 3.05) is 32.8 Å². The minimum Gasteiger partial charge on any atom is -0.390 e. The van der Waals surface area contributed by atoms with E-state index in [-0.39, 0.29) is 23.5 Å². The van der Waals surface area contributed by atoms with Crippen molar-refractivity contribution in [3.05, 3.63) is 0 Å². The van der Waals surface area contributed by atoms with E-state index < -0.39 is 12.2 Å². The van der Waals surface area contributed by atoms with Crippen LogP contribution in [0.2, 0.25) is 0 Å². The average Bonchev–Trinajstić information content (AvgIpc) is 2.39. The SMILES string of the molecule is C[C@@H]1[C@@H](O)[C@H](C(C)(C)C)O[C@H](CN2CCOCC2)[C@H]1O. The summed E-state index contributed by atoms with van der Waals surface area (Å²) in [5.74, 6) is -0.168. The molecule has 0 saturated carbocycles. The van der Waals surface area contributed by atoms with Crippen molar-refractivity contribution in [3.8, 4) is 0 Å². The van der Waals surface area contributed by atoms with Gasteiger partial charge in [-0.2, -0.15) is 0 Å². The molecule has 2 heterocycles. The van der Waals surface area contributed by atoms with Gasteiger partial charge in [0, 0.05) is 25.6 Å². The Morgan fingerprint density at radius 1 is 1.10 bits per heavy atom. The molecule has 5 nitrogen and oxygen atoms in total. The molecule has 2 rings (SSSR count). The number of rotatable bonds is 2. The summed E-state index contributed by atoms with van der Waals surface area (Å²) in [7, 11) is 0. The highest BCUT2D eigenvalue weighted by molar-refractivity contribution is 4.95. The molecule has 0 aromatic carbocycles. The molecule has 5 heteroatoms. The van der Waals surface area contributed by atoms with Gasteiger partial charge in [-0.15, -0.1) is 0 Å². The van der Waals surface area contributed by atoms with Gasteiger partial charge in [-0.05, 0) is 5.41 Å². The van der Waals surface area contributed by atoms with Gasteiger partial charge in [-0.3, -0.25) is 4.90 Å². The fourth-order valence-electron chi connectivity index (χ4n) is 3.07. The molecule has 0 spiro atoms. The first-order chi connectivity index (χ1) is 9.30. The molecule has 2 aliphatic heterocycles. The van der Waals surface area contributed by atoms with E-state index in [4.69, 9.17) is 9.47 Å². The number of morpholine rings is 1. The Labute approximate surface area is 121 Å². The zero-order valence-corrected chi connectivity index (χ0v) is 13.1. The fraction of sp³-hybridized carbons (Fsp3) is 1.00.